The van der Waals surface area contributed by atoms with Crippen molar-refractivity contribution in [2.45, 2.75) is 74.1 Å². The summed E-state index contributed by atoms with van der Waals surface area (Å²) in [5.74, 6) is -7.77. The number of alkyl halides is 5. The molecule has 1 saturated carbocycles. The van der Waals surface area contributed by atoms with Crippen LogP contribution in [0.2, 0.25) is 0 Å². The predicted molar refractivity (Wildman–Crippen MR) is 94.4 cm³/mol. The topological polar surface area (TPSA) is 142 Å². The quantitative estimate of drug-likeness (QED) is 0.235. The summed E-state index contributed by atoms with van der Waals surface area (Å²) >= 11 is 0. The summed E-state index contributed by atoms with van der Waals surface area (Å²) in [5.41, 5.74) is 0. The largest absolute Gasteiger partial charge is 0.455 e. The molecule has 4 fully saturated rings. The molecule has 0 spiro atoms. The molecule has 7 unspecified atom stereocenters. The molecule has 34 heavy (non-hydrogen) atoms. The van der Waals surface area contributed by atoms with Crippen LogP contribution >= 0.6 is 0 Å². The Morgan fingerprint density at radius 2 is 1.62 bits per heavy atom. The lowest BCUT2D eigenvalue weighted by Crippen LogP contribution is -2.55. The maximum atomic E-state index is 13.8. The van der Waals surface area contributed by atoms with E-state index in [9.17, 15) is 44.8 Å². The molecule has 2 bridgehead atoms. The van der Waals surface area contributed by atoms with Gasteiger partial charge in [0.25, 0.3) is 6.10 Å². The molecular weight excluding hydrogens is 503 g/mol. The summed E-state index contributed by atoms with van der Waals surface area (Å²) in [6, 6.07) is 0. The molecule has 1 N–H and O–H groups in total. The van der Waals surface area contributed by atoms with E-state index in [0.29, 0.717) is 12.8 Å². The third kappa shape index (κ3) is 4.02. The molecule has 3 saturated heterocycles. The monoisotopic (exact) mass is 522 g/mol. The number of ether oxygens (including phenoxy) is 4. The number of esters is 3. The highest BCUT2D eigenvalue weighted by Gasteiger charge is 2.73. The summed E-state index contributed by atoms with van der Waals surface area (Å²) in [5, 5.41) is -5.94. The minimum Gasteiger partial charge on any atom is -0.455 e. The van der Waals surface area contributed by atoms with E-state index in [1.807, 2.05) is 0 Å². The molecule has 192 valence electrons. The second kappa shape index (κ2) is 8.26. The van der Waals surface area contributed by atoms with Crippen LogP contribution in [0.5, 0.6) is 0 Å². The number of carbonyl (C=O) groups is 3. The van der Waals surface area contributed by atoms with E-state index in [-0.39, 0.29) is 0 Å². The Labute approximate surface area is 188 Å². The van der Waals surface area contributed by atoms with Crippen LogP contribution in [0.15, 0.2) is 0 Å². The molecule has 16 heteroatoms. The second-order valence-electron chi connectivity index (χ2n) is 8.65. The Hall–Kier alpha value is -2.07. The van der Waals surface area contributed by atoms with E-state index >= 15 is 0 Å². The molecule has 0 aromatic carbocycles. The number of fused-ring (bicyclic) bond motifs is 1. The Balaban J connectivity index is 1.56. The molecule has 4 rings (SSSR count). The summed E-state index contributed by atoms with van der Waals surface area (Å²) in [4.78, 5) is 37.3. The highest BCUT2D eigenvalue weighted by atomic mass is 32.2. The average Bonchev–Trinajstić information content (AvgIpc) is 3.34. The van der Waals surface area contributed by atoms with E-state index in [1.165, 1.54) is 0 Å². The van der Waals surface area contributed by atoms with Crippen molar-refractivity contribution in [3.8, 4) is 0 Å². The van der Waals surface area contributed by atoms with Gasteiger partial charge in [0, 0.05) is 0 Å². The normalized spacial score (nSPS) is 34.6. The first kappa shape index (κ1) is 25.0. The first-order valence-electron chi connectivity index (χ1n) is 10.3. The van der Waals surface area contributed by atoms with Crippen LogP contribution < -0.4 is 0 Å². The van der Waals surface area contributed by atoms with Gasteiger partial charge in [-0.3, -0.25) is 18.9 Å². The SMILES string of the molecule is O=C(OC1C2OC(=O)C3C2OC1C3C(=O)OC(C(F)(F)F)C(F)(F)S(=O)(=O)O)C1CCCCC1. The third-order valence-corrected chi connectivity index (χ3v) is 7.45. The number of halogens is 5. The van der Waals surface area contributed by atoms with E-state index in [2.05, 4.69) is 4.74 Å². The van der Waals surface area contributed by atoms with Crippen LogP contribution in [0.25, 0.3) is 0 Å². The van der Waals surface area contributed by atoms with Gasteiger partial charge >= 0.3 is 39.5 Å². The molecule has 0 aromatic heterocycles. The fourth-order valence-corrected chi connectivity index (χ4v) is 5.42. The molecule has 4 aliphatic rings. The standard InChI is InChI=1S/C18H19F5O10S/c19-17(20,21)16(18(22,23)34(27,28)29)33-15(26)8-7-9-12(32-14(7)25)11(10(8)30-9)31-13(24)6-4-2-1-3-5-6/h6-12,16H,1-5H2,(H,27,28,29). The van der Waals surface area contributed by atoms with Crippen molar-refractivity contribution in [3.63, 3.8) is 0 Å². The molecule has 3 heterocycles. The minimum atomic E-state index is -6.65. The average molecular weight is 522 g/mol. The van der Waals surface area contributed by atoms with Gasteiger partial charge in [0.1, 0.15) is 24.0 Å². The zero-order valence-corrected chi connectivity index (χ0v) is 17.9. The van der Waals surface area contributed by atoms with Crippen LogP contribution in [0, 0.1) is 17.8 Å². The van der Waals surface area contributed by atoms with Crippen molar-refractivity contribution in [2.24, 2.45) is 17.8 Å². The van der Waals surface area contributed by atoms with Crippen LogP contribution in [0.3, 0.4) is 0 Å². The van der Waals surface area contributed by atoms with E-state index < -0.39 is 87.7 Å². The van der Waals surface area contributed by atoms with Gasteiger partial charge in [-0.25, -0.2) is 0 Å². The molecule has 0 aromatic rings. The van der Waals surface area contributed by atoms with Crippen LogP contribution in [0.4, 0.5) is 22.0 Å². The van der Waals surface area contributed by atoms with Gasteiger partial charge in [-0.1, -0.05) is 19.3 Å². The summed E-state index contributed by atoms with van der Waals surface area (Å²) in [6.45, 7) is 0. The highest BCUT2D eigenvalue weighted by molar-refractivity contribution is 7.86. The maximum absolute atomic E-state index is 13.8. The van der Waals surface area contributed by atoms with Gasteiger partial charge in [-0.05, 0) is 12.8 Å². The Kier molecular flexibility index (Phi) is 6.08. The smallest absolute Gasteiger partial charge is 0.432 e. The van der Waals surface area contributed by atoms with Gasteiger partial charge < -0.3 is 18.9 Å². The van der Waals surface area contributed by atoms with Crippen LogP contribution in [0.1, 0.15) is 32.1 Å². The third-order valence-electron chi connectivity index (χ3n) is 6.55. The van der Waals surface area contributed by atoms with E-state index in [0.717, 1.165) is 19.3 Å². The first-order valence-corrected chi connectivity index (χ1v) is 11.8. The molecular formula is C18H19F5O10S. The van der Waals surface area contributed by atoms with Gasteiger partial charge in [0.2, 0.25) is 0 Å². The lowest BCUT2D eigenvalue weighted by molar-refractivity contribution is -0.261. The van der Waals surface area contributed by atoms with Gasteiger partial charge in [-0.2, -0.15) is 30.4 Å². The summed E-state index contributed by atoms with van der Waals surface area (Å²) in [7, 11) is -6.65. The second-order valence-corrected chi connectivity index (χ2v) is 10.1. The Morgan fingerprint density at radius 1 is 1.00 bits per heavy atom. The van der Waals surface area contributed by atoms with Gasteiger partial charge in [0.15, 0.2) is 12.2 Å². The number of carbonyl (C=O) groups excluding carboxylic acids is 3. The first-order chi connectivity index (χ1) is 15.6. The molecule has 3 aliphatic heterocycles. The number of rotatable bonds is 6. The van der Waals surface area contributed by atoms with Crippen LogP contribution in [-0.4, -0.2) is 72.8 Å². The Morgan fingerprint density at radius 3 is 2.18 bits per heavy atom. The van der Waals surface area contributed by atoms with Crippen molar-refractivity contribution < 1.29 is 68.3 Å². The van der Waals surface area contributed by atoms with E-state index in [4.69, 9.17) is 18.8 Å². The highest BCUT2D eigenvalue weighted by Crippen LogP contribution is 2.52. The lowest BCUT2D eigenvalue weighted by atomic mass is 9.78. The fraction of sp³-hybridized carbons (Fsp3) is 0.833. The molecule has 10 nitrogen and oxygen atoms in total. The number of hydrogen-bond acceptors (Lipinski definition) is 9. The van der Waals surface area contributed by atoms with Crippen LogP contribution in [-0.2, 0) is 43.4 Å². The van der Waals surface area contributed by atoms with Gasteiger partial charge in [-0.15, -0.1) is 0 Å². The lowest BCUT2D eigenvalue weighted by Gasteiger charge is -2.31. The number of hydrogen-bond donors (Lipinski definition) is 1. The van der Waals surface area contributed by atoms with Crippen molar-refractivity contribution in [1.82, 2.24) is 0 Å². The summed E-state index contributed by atoms with van der Waals surface area (Å²) < 4.78 is 117. The van der Waals surface area contributed by atoms with Gasteiger partial charge in [0.05, 0.1) is 5.92 Å². The molecule has 7 atom stereocenters. The fourth-order valence-electron chi connectivity index (χ4n) is 4.96. The van der Waals surface area contributed by atoms with Crippen molar-refractivity contribution in [2.75, 3.05) is 0 Å². The zero-order valence-electron chi connectivity index (χ0n) is 17.1. The molecule has 0 amide bonds. The van der Waals surface area contributed by atoms with E-state index in [1.54, 1.807) is 0 Å². The molecule has 1 aliphatic carbocycles. The molecule has 0 radical (unpaired) electrons. The minimum absolute atomic E-state index is 0.478. The maximum Gasteiger partial charge on any atom is 0.432 e. The zero-order chi connectivity index (χ0) is 25.2. The summed E-state index contributed by atoms with van der Waals surface area (Å²) in [6.07, 6.45) is -12.5. The Bertz CT molecular complexity index is 976. The predicted octanol–water partition coefficient (Wildman–Crippen LogP) is 1.37. The van der Waals surface area contributed by atoms with Crippen molar-refractivity contribution in [3.05, 3.63) is 0 Å². The van der Waals surface area contributed by atoms with Crippen molar-refractivity contribution in [1.29, 1.82) is 0 Å². The van der Waals surface area contributed by atoms with Crippen molar-refractivity contribution >= 4 is 28.0 Å².